The third-order valence-electron chi connectivity index (χ3n) is 14.6. The molecule has 4 aliphatic rings. The van der Waals surface area contributed by atoms with E-state index in [-0.39, 0.29) is 55.3 Å². The minimum Gasteiger partial charge on any atom is -0.493 e. The molecule has 0 bridgehead atoms. The van der Waals surface area contributed by atoms with Gasteiger partial charge in [-0.25, -0.2) is 0 Å². The molecule has 2 aromatic heterocycles. The summed E-state index contributed by atoms with van der Waals surface area (Å²) in [5.41, 5.74) is 13.5. The summed E-state index contributed by atoms with van der Waals surface area (Å²) >= 11 is 0. The second-order valence-corrected chi connectivity index (χ2v) is 20.5. The predicted molar refractivity (Wildman–Crippen MR) is 307 cm³/mol. The number of benzene rings is 3. The van der Waals surface area contributed by atoms with Gasteiger partial charge < -0.3 is 39.6 Å². The van der Waals surface area contributed by atoms with Crippen molar-refractivity contribution < 1.29 is 47.7 Å². The zero-order valence-electron chi connectivity index (χ0n) is 46.1. The van der Waals surface area contributed by atoms with Crippen molar-refractivity contribution in [2.75, 3.05) is 76.6 Å². The first-order valence-corrected chi connectivity index (χ1v) is 27.8. The van der Waals surface area contributed by atoms with E-state index in [0.717, 1.165) is 80.7 Å². The maximum absolute atomic E-state index is 13.3. The molecule has 1 aliphatic carbocycles. The van der Waals surface area contributed by atoms with Gasteiger partial charge in [0, 0.05) is 60.5 Å². The highest BCUT2D eigenvalue weighted by Crippen LogP contribution is 2.37. The lowest BCUT2D eigenvalue weighted by Crippen LogP contribution is -2.54. The average molecular weight is 1090 g/mol. The molecule has 5 amide bonds. The predicted octanol–water partition coefficient (Wildman–Crippen LogP) is 8.77. The van der Waals surface area contributed by atoms with Gasteiger partial charge in [-0.2, -0.15) is 0 Å². The fraction of sp³-hybridized carbons (Fsp3) is 0.381. The summed E-state index contributed by atoms with van der Waals surface area (Å²) in [5, 5.41) is 12.1. The highest BCUT2D eigenvalue weighted by Gasteiger charge is 2.45. The number of rotatable bonds is 26. The number of imide groups is 2. The summed E-state index contributed by atoms with van der Waals surface area (Å²) in [7, 11) is 0. The van der Waals surface area contributed by atoms with Gasteiger partial charge in [0.1, 0.15) is 11.8 Å². The van der Waals surface area contributed by atoms with Crippen molar-refractivity contribution in [3.05, 3.63) is 154 Å². The van der Waals surface area contributed by atoms with E-state index >= 15 is 0 Å². The second kappa shape index (κ2) is 27.4. The van der Waals surface area contributed by atoms with Crippen LogP contribution in [0.25, 0.3) is 28.6 Å². The van der Waals surface area contributed by atoms with Crippen LogP contribution in [0.15, 0.2) is 109 Å². The number of fused-ring (bicyclic) bond motifs is 2. The maximum atomic E-state index is 13.3. The van der Waals surface area contributed by atoms with Crippen molar-refractivity contribution in [3.8, 4) is 17.0 Å². The largest absolute Gasteiger partial charge is 0.493 e. The number of aromatic nitrogens is 2. The topological polar surface area (TPSA) is 209 Å². The number of carbonyl (C=O) groups excluding carboxylic acids is 5. The highest BCUT2D eigenvalue weighted by atomic mass is 16.6. The third-order valence-corrected chi connectivity index (χ3v) is 14.6. The maximum Gasteiger partial charge on any atom is 0.264 e. The van der Waals surface area contributed by atoms with Crippen LogP contribution in [0.2, 0.25) is 0 Å². The molecule has 80 heavy (non-hydrogen) atoms. The molecular weight excluding hydrogens is 1010 g/mol. The minimum absolute atomic E-state index is 0.00348. The fourth-order valence-electron chi connectivity index (χ4n) is 10.4. The summed E-state index contributed by atoms with van der Waals surface area (Å²) in [6.45, 7) is 12.6. The second-order valence-electron chi connectivity index (χ2n) is 20.5. The van der Waals surface area contributed by atoms with Crippen molar-refractivity contribution in [2.24, 2.45) is 5.92 Å². The van der Waals surface area contributed by atoms with Crippen LogP contribution in [-0.4, -0.2) is 122 Å². The zero-order valence-corrected chi connectivity index (χ0v) is 46.1. The molecular formula is C63H71N7O10. The number of ether oxygens (including phenoxy) is 5. The van der Waals surface area contributed by atoms with Crippen LogP contribution in [0.4, 0.5) is 11.4 Å². The van der Waals surface area contributed by atoms with Crippen molar-refractivity contribution in [2.45, 2.75) is 84.7 Å². The minimum atomic E-state index is -1.10. The number of piperidine rings is 1. The summed E-state index contributed by atoms with van der Waals surface area (Å²) in [5.74, 6) is -1.43. The Morgan fingerprint density at radius 1 is 0.775 bits per heavy atom. The van der Waals surface area contributed by atoms with E-state index in [4.69, 9.17) is 28.7 Å². The lowest BCUT2D eigenvalue weighted by molar-refractivity contribution is -0.136. The molecule has 2 unspecified atom stereocenters. The number of aryl methyl sites for hydroxylation is 2. The lowest BCUT2D eigenvalue weighted by Gasteiger charge is -2.28. The third kappa shape index (κ3) is 14.1. The highest BCUT2D eigenvalue weighted by molar-refractivity contribution is 6.26. The Morgan fingerprint density at radius 3 is 2.31 bits per heavy atom. The molecule has 1 saturated heterocycles. The molecule has 0 spiro atoms. The molecule has 3 aliphatic heterocycles. The molecule has 4 N–H and O–H groups in total. The number of pyridine rings is 2. The van der Waals surface area contributed by atoms with Crippen LogP contribution >= 0.6 is 0 Å². The van der Waals surface area contributed by atoms with Crippen LogP contribution in [0.1, 0.15) is 107 Å². The molecule has 5 aromatic rings. The van der Waals surface area contributed by atoms with Crippen molar-refractivity contribution in [3.63, 3.8) is 0 Å². The van der Waals surface area contributed by atoms with Gasteiger partial charge in [0.15, 0.2) is 0 Å². The van der Waals surface area contributed by atoms with E-state index in [2.05, 4.69) is 109 Å². The Morgan fingerprint density at radius 2 is 1.56 bits per heavy atom. The quantitative estimate of drug-likeness (QED) is 0.0302. The van der Waals surface area contributed by atoms with Gasteiger partial charge >= 0.3 is 0 Å². The summed E-state index contributed by atoms with van der Waals surface area (Å²) < 4.78 is 29.0. The van der Waals surface area contributed by atoms with Gasteiger partial charge in [0.2, 0.25) is 17.7 Å². The number of carbonyl (C=O) groups is 5. The average Bonchev–Trinajstić information content (AvgIpc) is 3.75. The number of anilines is 2. The van der Waals surface area contributed by atoms with Crippen molar-refractivity contribution >= 4 is 58.3 Å². The van der Waals surface area contributed by atoms with Crippen LogP contribution in [0, 0.1) is 12.8 Å². The lowest BCUT2D eigenvalue weighted by atomic mass is 9.84. The van der Waals surface area contributed by atoms with Crippen LogP contribution in [0.5, 0.6) is 5.75 Å². The molecule has 3 atom stereocenters. The number of dihydropyridines is 1. The molecule has 0 saturated carbocycles. The Kier molecular flexibility index (Phi) is 19.5. The number of nitrogens with zero attached hydrogens (tertiary/aromatic N) is 3. The van der Waals surface area contributed by atoms with Crippen molar-refractivity contribution in [1.82, 2.24) is 25.5 Å². The number of allylic oxidation sites excluding steroid dienone is 3. The van der Waals surface area contributed by atoms with Gasteiger partial charge in [-0.05, 0) is 133 Å². The summed E-state index contributed by atoms with van der Waals surface area (Å²) in [4.78, 5) is 73.5. The van der Waals surface area contributed by atoms with E-state index in [1.165, 1.54) is 40.8 Å². The Hall–Kier alpha value is -7.83. The molecule has 1 fully saturated rings. The smallest absolute Gasteiger partial charge is 0.264 e. The van der Waals surface area contributed by atoms with E-state index in [1.807, 2.05) is 36.8 Å². The van der Waals surface area contributed by atoms with Crippen molar-refractivity contribution in [1.29, 1.82) is 0 Å². The Balaban J connectivity index is 0.692. The Labute approximate surface area is 467 Å². The first-order valence-electron chi connectivity index (χ1n) is 27.8. The first-order chi connectivity index (χ1) is 38.9. The van der Waals surface area contributed by atoms with Gasteiger partial charge in [0.05, 0.1) is 94.1 Å². The van der Waals surface area contributed by atoms with Crippen LogP contribution in [-0.2, 0) is 46.2 Å². The number of nitrogens with one attached hydrogen (secondary N) is 4. The Bertz CT molecular complexity index is 3170. The molecule has 17 heteroatoms. The molecule has 418 valence electrons. The normalized spacial score (nSPS) is 18.0. The van der Waals surface area contributed by atoms with Crippen LogP contribution in [0.3, 0.4) is 0 Å². The van der Waals surface area contributed by atoms with E-state index in [9.17, 15) is 24.0 Å². The molecule has 9 rings (SSSR count). The number of hydrogen-bond donors (Lipinski definition) is 4. The van der Waals surface area contributed by atoms with E-state index in [1.54, 1.807) is 6.07 Å². The molecule has 3 aromatic carbocycles. The summed E-state index contributed by atoms with van der Waals surface area (Å²) in [6.07, 6.45) is 16.8. The molecule has 0 radical (unpaired) electrons. The van der Waals surface area contributed by atoms with E-state index < -0.39 is 35.6 Å². The SMILES string of the molecule is CCCOc1cc(NCCOCCOCCOCCOCCC(=O)Nc2cccc3c2C(=O)N(C2CCC(=O)NC2=O)C3=O)ccc1-c1ncc(C2=C(/C=C/c3ccc4c(c3)CC[C@H](C)C4)C=C(c3cccnc3)C(C)N2)cc1C. The van der Waals surface area contributed by atoms with Gasteiger partial charge in [0.25, 0.3) is 11.8 Å². The first kappa shape index (κ1) is 56.9. The summed E-state index contributed by atoms with van der Waals surface area (Å²) in [6, 6.07) is 22.8. The van der Waals surface area contributed by atoms with Gasteiger partial charge in [-0.15, -0.1) is 0 Å². The van der Waals surface area contributed by atoms with Crippen LogP contribution < -0.4 is 26.0 Å². The monoisotopic (exact) mass is 1090 g/mol. The zero-order chi connectivity index (χ0) is 56.0. The molecule has 5 heterocycles. The number of hydrogen-bond acceptors (Lipinski definition) is 14. The standard InChI is InChI=1S/C63H71N7O10/c1-5-24-80-55-37-49(65-23-26-77-28-30-79-32-31-78-29-27-76-25-21-57(72)68-53-10-6-9-51-58(53)63(75)70(62(51)74)54-19-20-56(71)69-61(54)73)17-18-50(55)59-41(3)34-48(39-66-59)60-46(36-52(42(4)67-60)47-8-7-22-64-38-47)16-13-43-12-15-44-33-40(2)11-14-45(44)35-43/h6-10,12-13,15-18,22,34-40,42,54,65,67H,5,11,14,19-21,23-33H2,1-4H3,(H,68,72)(H,69,71,73)/b16-13+/t40-,42?,54?/m0/s1. The fourth-order valence-corrected chi connectivity index (χ4v) is 10.4. The molecule has 17 nitrogen and oxygen atoms in total. The van der Waals surface area contributed by atoms with E-state index in [0.29, 0.717) is 52.8 Å². The van der Waals surface area contributed by atoms with Gasteiger partial charge in [-0.3, -0.25) is 44.2 Å². The number of amides is 5. The van der Waals surface area contributed by atoms with Gasteiger partial charge in [-0.1, -0.05) is 56.3 Å².